The fourth-order valence-corrected chi connectivity index (χ4v) is 2.64. The molecule has 2 rings (SSSR count). The van der Waals surface area contributed by atoms with Crippen molar-refractivity contribution in [2.75, 3.05) is 28.2 Å². The zero-order chi connectivity index (χ0) is 14.8. The average molecular weight is 269 g/mol. The first-order chi connectivity index (χ1) is 9.47. The first-order valence-electron chi connectivity index (χ1n) is 6.86. The van der Waals surface area contributed by atoms with Gasteiger partial charge in [-0.25, -0.2) is 0 Å². The zero-order valence-electron chi connectivity index (χ0n) is 12.7. The average Bonchev–Trinajstić information content (AvgIpc) is 2.47. The third kappa shape index (κ3) is 2.60. The highest BCUT2D eigenvalue weighted by Gasteiger charge is 2.33. The van der Waals surface area contributed by atoms with Crippen LogP contribution in [0.3, 0.4) is 0 Å². The van der Waals surface area contributed by atoms with Crippen molar-refractivity contribution < 1.29 is 0 Å². The van der Waals surface area contributed by atoms with Crippen LogP contribution in [-0.2, 0) is 0 Å². The molecule has 3 nitrogen and oxygen atoms in total. The van der Waals surface area contributed by atoms with Gasteiger partial charge in [0.25, 0.3) is 0 Å². The van der Waals surface area contributed by atoms with Crippen molar-refractivity contribution in [2.24, 2.45) is 0 Å². The van der Waals surface area contributed by atoms with Crippen molar-refractivity contribution in [3.05, 3.63) is 59.7 Å². The predicted octanol–water partition coefficient (Wildman–Crippen LogP) is 2.76. The first kappa shape index (κ1) is 14.7. The molecule has 0 amide bonds. The number of hydrogen-bond donors (Lipinski definition) is 1. The number of allylic oxidation sites excluding steroid dienone is 2. The molecule has 106 valence electrons. The Kier molecular flexibility index (Phi) is 4.21. The topological polar surface area (TPSA) is 30.3 Å². The minimum Gasteiger partial charge on any atom is -0.300 e. The van der Waals surface area contributed by atoms with Gasteiger partial charge in [0.2, 0.25) is 0 Å². The highest BCUT2D eigenvalue weighted by molar-refractivity contribution is 6.12. The molecule has 0 aromatic heterocycles. The van der Waals surface area contributed by atoms with E-state index < -0.39 is 0 Å². The predicted molar refractivity (Wildman–Crippen MR) is 85.2 cm³/mol. The summed E-state index contributed by atoms with van der Waals surface area (Å²) in [5, 5.41) is 8.32. The van der Waals surface area contributed by atoms with Crippen molar-refractivity contribution >= 4 is 5.71 Å². The van der Waals surface area contributed by atoms with Crippen molar-refractivity contribution in [3.8, 4) is 0 Å². The van der Waals surface area contributed by atoms with Crippen LogP contribution >= 0.6 is 0 Å². The molecule has 0 saturated carbocycles. The summed E-state index contributed by atoms with van der Waals surface area (Å²) in [6.45, 7) is 0. The monoisotopic (exact) mass is 269 g/mol. The molecule has 0 fully saturated rings. The normalized spacial score (nSPS) is 17.4. The van der Waals surface area contributed by atoms with Crippen LogP contribution in [0.15, 0.2) is 54.1 Å². The van der Waals surface area contributed by atoms with Crippen LogP contribution in [0.5, 0.6) is 0 Å². The highest BCUT2D eigenvalue weighted by atomic mass is 15.4. The maximum atomic E-state index is 8.32. The molecule has 0 aliphatic heterocycles. The van der Waals surface area contributed by atoms with Gasteiger partial charge in [0.15, 0.2) is 0 Å². The van der Waals surface area contributed by atoms with Crippen molar-refractivity contribution in [3.63, 3.8) is 0 Å². The minimum absolute atomic E-state index is 0.0968. The molecular weight excluding hydrogens is 246 g/mol. The third-order valence-electron chi connectivity index (χ3n) is 4.05. The van der Waals surface area contributed by atoms with Crippen LogP contribution < -0.4 is 0 Å². The molecule has 0 saturated heterocycles. The molecule has 1 aliphatic carbocycles. The number of benzene rings is 1. The summed E-state index contributed by atoms with van der Waals surface area (Å²) < 4.78 is 0. The van der Waals surface area contributed by atoms with Gasteiger partial charge in [-0.05, 0) is 45.4 Å². The van der Waals surface area contributed by atoms with Gasteiger partial charge >= 0.3 is 0 Å². The molecule has 0 unspecified atom stereocenters. The fraction of sp³-hybridized carbons (Fsp3) is 0.353. The second-order valence-electron chi connectivity index (χ2n) is 5.61. The van der Waals surface area contributed by atoms with Crippen molar-refractivity contribution in [1.29, 1.82) is 5.41 Å². The molecule has 1 aromatic rings. The van der Waals surface area contributed by atoms with E-state index in [0.29, 0.717) is 5.71 Å². The first-order valence-corrected chi connectivity index (χ1v) is 6.86. The fourth-order valence-electron chi connectivity index (χ4n) is 2.64. The molecular formula is C17H23N3. The third-order valence-corrected chi connectivity index (χ3v) is 4.05. The molecule has 0 heterocycles. The zero-order valence-corrected chi connectivity index (χ0v) is 12.7. The Morgan fingerprint density at radius 2 is 1.65 bits per heavy atom. The van der Waals surface area contributed by atoms with Crippen LogP contribution in [-0.4, -0.2) is 49.4 Å². The van der Waals surface area contributed by atoms with Gasteiger partial charge in [-0.1, -0.05) is 42.5 Å². The molecule has 0 bridgehead atoms. The number of hydrogen-bond acceptors (Lipinski definition) is 3. The lowest BCUT2D eigenvalue weighted by Gasteiger charge is -2.44. The molecule has 0 spiro atoms. The molecule has 1 aromatic carbocycles. The molecule has 1 aliphatic rings. The quantitative estimate of drug-likeness (QED) is 0.673. The van der Waals surface area contributed by atoms with E-state index in [1.165, 1.54) is 0 Å². The van der Waals surface area contributed by atoms with Crippen LogP contribution in [0.4, 0.5) is 0 Å². The van der Waals surface area contributed by atoms with E-state index in [1.54, 1.807) is 0 Å². The van der Waals surface area contributed by atoms with Gasteiger partial charge in [-0.3, -0.25) is 15.2 Å². The lowest BCUT2D eigenvalue weighted by Crippen LogP contribution is -2.54. The summed E-state index contributed by atoms with van der Waals surface area (Å²) in [5.74, 6) is 0. The van der Waals surface area contributed by atoms with Crippen LogP contribution in [0, 0.1) is 5.41 Å². The minimum atomic E-state index is -0.0968. The molecule has 20 heavy (non-hydrogen) atoms. The Bertz CT molecular complexity index is 531. The summed E-state index contributed by atoms with van der Waals surface area (Å²) in [6, 6.07) is 9.89. The van der Waals surface area contributed by atoms with Crippen molar-refractivity contribution in [2.45, 2.75) is 12.1 Å². The Labute approximate surface area is 121 Å². The van der Waals surface area contributed by atoms with Gasteiger partial charge in [0.1, 0.15) is 0 Å². The molecule has 0 atom stereocenters. The van der Waals surface area contributed by atoms with Gasteiger partial charge in [-0.2, -0.15) is 0 Å². The van der Waals surface area contributed by atoms with Gasteiger partial charge in [0.05, 0.1) is 11.4 Å². The summed E-state index contributed by atoms with van der Waals surface area (Å²) in [5.41, 5.74) is 2.45. The number of nitrogens with one attached hydrogen (secondary N) is 1. The largest absolute Gasteiger partial charge is 0.300 e. The summed E-state index contributed by atoms with van der Waals surface area (Å²) >= 11 is 0. The molecule has 3 heteroatoms. The van der Waals surface area contributed by atoms with Crippen molar-refractivity contribution in [1.82, 2.24) is 9.80 Å². The van der Waals surface area contributed by atoms with E-state index in [9.17, 15) is 0 Å². The Hall–Kier alpha value is -1.71. The molecule has 1 N–H and O–H groups in total. The number of nitrogens with zero attached hydrogens (tertiary/aromatic N) is 2. The number of likely N-dealkylation sites (N-methyl/N-ethyl adjacent to an activating group) is 2. The second kappa shape index (κ2) is 5.73. The van der Waals surface area contributed by atoms with Gasteiger partial charge in [-0.15, -0.1) is 0 Å². The van der Waals surface area contributed by atoms with Crippen LogP contribution in [0.1, 0.15) is 12.0 Å². The van der Waals surface area contributed by atoms with E-state index >= 15 is 0 Å². The summed E-state index contributed by atoms with van der Waals surface area (Å²) in [6.07, 6.45) is 7.31. The lowest BCUT2D eigenvalue weighted by atomic mass is 9.90. The van der Waals surface area contributed by atoms with E-state index in [4.69, 9.17) is 5.41 Å². The van der Waals surface area contributed by atoms with Crippen LogP contribution in [0.25, 0.3) is 0 Å². The Morgan fingerprint density at radius 1 is 1.05 bits per heavy atom. The van der Waals surface area contributed by atoms with Gasteiger partial charge < -0.3 is 0 Å². The Morgan fingerprint density at radius 3 is 2.10 bits per heavy atom. The summed E-state index contributed by atoms with van der Waals surface area (Å²) in [7, 11) is 8.36. The highest BCUT2D eigenvalue weighted by Crippen LogP contribution is 2.28. The SMILES string of the molecule is CN(C)C1(N(C)C)C=CC(C(=N)c2ccccc2)=CC1. The second-order valence-corrected chi connectivity index (χ2v) is 5.61. The summed E-state index contributed by atoms with van der Waals surface area (Å²) in [4.78, 5) is 4.42. The van der Waals surface area contributed by atoms with E-state index in [-0.39, 0.29) is 5.66 Å². The van der Waals surface area contributed by atoms with Crippen LogP contribution in [0.2, 0.25) is 0 Å². The smallest absolute Gasteiger partial charge is 0.0958 e. The van der Waals surface area contributed by atoms with E-state index in [1.807, 2.05) is 30.3 Å². The number of rotatable bonds is 4. The maximum Gasteiger partial charge on any atom is 0.0958 e. The van der Waals surface area contributed by atoms with E-state index in [2.05, 4.69) is 56.2 Å². The standard InChI is InChI=1S/C17H23N3/c1-19(2)17(20(3)4)12-10-15(11-13-17)16(18)14-8-6-5-7-9-14/h5-12,18H,13H2,1-4H3. The Balaban J connectivity index is 2.22. The molecule has 0 radical (unpaired) electrons. The maximum absolute atomic E-state index is 8.32. The van der Waals surface area contributed by atoms with Gasteiger partial charge in [0, 0.05) is 6.42 Å². The van der Waals surface area contributed by atoms with E-state index in [0.717, 1.165) is 17.6 Å². The lowest BCUT2D eigenvalue weighted by molar-refractivity contribution is 0.0519.